The molecule has 0 N–H and O–H groups in total. The molecule has 0 saturated heterocycles. The zero-order chi connectivity index (χ0) is 12.1. The Morgan fingerprint density at radius 3 is 2.78 bits per heavy atom. The summed E-state index contributed by atoms with van der Waals surface area (Å²) < 4.78 is 3.41. The Labute approximate surface area is 117 Å². The van der Waals surface area contributed by atoms with Crippen LogP contribution in [-0.4, -0.2) is 9.38 Å². The molecule has 0 radical (unpaired) electrons. The van der Waals surface area contributed by atoms with Gasteiger partial charge < -0.3 is 0 Å². The molecule has 3 heteroatoms. The lowest BCUT2D eigenvalue weighted by atomic mass is 10.1. The molecule has 2 nitrogen and oxygen atoms in total. The highest BCUT2D eigenvalue weighted by atomic mass is 127. The molecule has 0 bridgehead atoms. The normalized spacial score (nSPS) is 11.6. The van der Waals surface area contributed by atoms with Crippen LogP contribution >= 0.6 is 22.6 Å². The fourth-order valence-electron chi connectivity index (χ4n) is 2.54. The number of pyridine rings is 1. The van der Waals surface area contributed by atoms with Crippen LogP contribution in [0.15, 0.2) is 54.9 Å². The van der Waals surface area contributed by atoms with E-state index < -0.39 is 0 Å². The van der Waals surface area contributed by atoms with Crippen molar-refractivity contribution in [1.82, 2.24) is 9.38 Å². The number of benzene rings is 2. The molecular weight excluding hydrogens is 335 g/mol. The minimum absolute atomic E-state index is 1.03. The predicted molar refractivity (Wildman–Crippen MR) is 82.9 cm³/mol. The molecule has 4 rings (SSSR count). The topological polar surface area (TPSA) is 17.3 Å². The Kier molecular flexibility index (Phi) is 2.11. The first-order chi connectivity index (χ1) is 8.84. The van der Waals surface area contributed by atoms with E-state index in [-0.39, 0.29) is 0 Å². The van der Waals surface area contributed by atoms with Crippen LogP contribution in [0.3, 0.4) is 0 Å². The molecule has 0 unspecified atom stereocenters. The number of halogens is 1. The second-order valence-electron chi connectivity index (χ2n) is 4.33. The van der Waals surface area contributed by atoms with Crippen LogP contribution in [0, 0.1) is 3.57 Å². The number of hydrogen-bond acceptors (Lipinski definition) is 1. The fraction of sp³-hybridized carbons (Fsp3) is 0. The number of aromatic nitrogens is 2. The summed E-state index contributed by atoms with van der Waals surface area (Å²) in [6.45, 7) is 0. The minimum Gasteiger partial charge on any atom is -0.299 e. The van der Waals surface area contributed by atoms with Crippen molar-refractivity contribution >= 4 is 49.9 Å². The molecule has 4 aromatic rings. The van der Waals surface area contributed by atoms with Gasteiger partial charge in [0.05, 0.1) is 5.52 Å². The third-order valence-electron chi connectivity index (χ3n) is 3.32. The predicted octanol–water partition coefficient (Wildman–Crippen LogP) is 4.25. The van der Waals surface area contributed by atoms with E-state index in [0.717, 1.165) is 5.65 Å². The summed E-state index contributed by atoms with van der Waals surface area (Å²) in [5.74, 6) is 0. The lowest BCUT2D eigenvalue weighted by molar-refractivity contribution is 1.27. The summed E-state index contributed by atoms with van der Waals surface area (Å²) in [6, 6.07) is 15.0. The Balaban J connectivity index is 2.44. The second-order valence-corrected chi connectivity index (χ2v) is 5.57. The van der Waals surface area contributed by atoms with Gasteiger partial charge in [-0.15, -0.1) is 0 Å². The van der Waals surface area contributed by atoms with Gasteiger partial charge in [0.15, 0.2) is 0 Å². The number of imidazole rings is 1. The van der Waals surface area contributed by atoms with Crippen molar-refractivity contribution < 1.29 is 0 Å². The first-order valence-corrected chi connectivity index (χ1v) is 6.85. The largest absolute Gasteiger partial charge is 0.299 e. The zero-order valence-electron chi connectivity index (χ0n) is 9.47. The average molecular weight is 344 g/mol. The summed E-state index contributed by atoms with van der Waals surface area (Å²) >= 11 is 2.36. The van der Waals surface area contributed by atoms with E-state index in [9.17, 15) is 0 Å². The van der Waals surface area contributed by atoms with Crippen molar-refractivity contribution in [1.29, 1.82) is 0 Å². The van der Waals surface area contributed by atoms with Gasteiger partial charge in [0, 0.05) is 26.7 Å². The molecule has 86 valence electrons. The lowest BCUT2D eigenvalue weighted by Gasteiger charge is -2.08. The van der Waals surface area contributed by atoms with Gasteiger partial charge in [0.1, 0.15) is 5.65 Å². The summed E-state index contributed by atoms with van der Waals surface area (Å²) in [4.78, 5) is 4.49. The summed E-state index contributed by atoms with van der Waals surface area (Å²) in [5, 5.41) is 3.76. The van der Waals surface area contributed by atoms with E-state index in [0.29, 0.717) is 0 Å². The molecule has 0 atom stereocenters. The van der Waals surface area contributed by atoms with Crippen molar-refractivity contribution in [3.05, 3.63) is 58.4 Å². The van der Waals surface area contributed by atoms with E-state index in [1.54, 1.807) is 0 Å². The van der Waals surface area contributed by atoms with E-state index in [1.807, 2.05) is 12.4 Å². The van der Waals surface area contributed by atoms with Gasteiger partial charge in [0.25, 0.3) is 0 Å². The number of rotatable bonds is 0. The maximum atomic E-state index is 4.49. The molecule has 2 heterocycles. The van der Waals surface area contributed by atoms with E-state index in [4.69, 9.17) is 0 Å². The van der Waals surface area contributed by atoms with Crippen LogP contribution in [-0.2, 0) is 0 Å². The second kappa shape index (κ2) is 3.68. The van der Waals surface area contributed by atoms with Gasteiger partial charge in [-0.1, -0.05) is 18.2 Å². The summed E-state index contributed by atoms with van der Waals surface area (Å²) in [5.41, 5.74) is 2.24. The molecule has 2 aromatic carbocycles. The molecule has 0 amide bonds. The monoisotopic (exact) mass is 344 g/mol. The van der Waals surface area contributed by atoms with Gasteiger partial charge in [-0.05, 0) is 52.2 Å². The van der Waals surface area contributed by atoms with Gasteiger partial charge >= 0.3 is 0 Å². The molecule has 0 saturated carbocycles. The lowest BCUT2D eigenvalue weighted by Crippen LogP contribution is -1.90. The van der Waals surface area contributed by atoms with Crippen molar-refractivity contribution in [2.24, 2.45) is 0 Å². The Hall–Kier alpha value is -1.62. The highest BCUT2D eigenvalue weighted by Gasteiger charge is 2.08. The van der Waals surface area contributed by atoms with Crippen LogP contribution < -0.4 is 0 Å². The number of hydrogen-bond donors (Lipinski definition) is 0. The van der Waals surface area contributed by atoms with Crippen molar-refractivity contribution in [3.63, 3.8) is 0 Å². The SMILES string of the molecule is Ic1ccc2c(c1)c1ccccc1n1ccnc21. The Bertz CT molecular complexity index is 893. The van der Waals surface area contributed by atoms with Crippen LogP contribution in [0.1, 0.15) is 0 Å². The smallest absolute Gasteiger partial charge is 0.145 e. The van der Waals surface area contributed by atoms with E-state index in [2.05, 4.69) is 74.4 Å². The average Bonchev–Trinajstić information content (AvgIpc) is 2.88. The molecule has 2 aromatic heterocycles. The molecule has 0 aliphatic carbocycles. The van der Waals surface area contributed by atoms with Crippen molar-refractivity contribution in [3.8, 4) is 0 Å². The molecule has 0 spiro atoms. The third kappa shape index (κ3) is 1.31. The fourth-order valence-corrected chi connectivity index (χ4v) is 3.03. The summed E-state index contributed by atoms with van der Waals surface area (Å²) in [6.07, 6.45) is 3.88. The highest BCUT2D eigenvalue weighted by Crippen LogP contribution is 2.29. The molecule has 0 aliphatic heterocycles. The van der Waals surface area contributed by atoms with Gasteiger partial charge in [-0.2, -0.15) is 0 Å². The van der Waals surface area contributed by atoms with Crippen molar-refractivity contribution in [2.75, 3.05) is 0 Å². The van der Waals surface area contributed by atoms with Crippen LogP contribution in [0.4, 0.5) is 0 Å². The van der Waals surface area contributed by atoms with E-state index in [1.165, 1.54) is 25.2 Å². The first-order valence-electron chi connectivity index (χ1n) is 5.77. The van der Waals surface area contributed by atoms with E-state index >= 15 is 0 Å². The molecular formula is C15H9IN2. The third-order valence-corrected chi connectivity index (χ3v) is 3.99. The number of nitrogens with zero attached hydrogens (tertiary/aromatic N) is 2. The van der Waals surface area contributed by atoms with Gasteiger partial charge in [-0.3, -0.25) is 4.40 Å². The van der Waals surface area contributed by atoms with Crippen LogP contribution in [0.5, 0.6) is 0 Å². The quantitative estimate of drug-likeness (QED) is 0.344. The van der Waals surface area contributed by atoms with Gasteiger partial charge in [0.2, 0.25) is 0 Å². The Morgan fingerprint density at radius 2 is 1.83 bits per heavy atom. The minimum atomic E-state index is 1.03. The van der Waals surface area contributed by atoms with Crippen molar-refractivity contribution in [2.45, 2.75) is 0 Å². The highest BCUT2D eigenvalue weighted by molar-refractivity contribution is 14.1. The van der Waals surface area contributed by atoms with Gasteiger partial charge in [-0.25, -0.2) is 4.98 Å². The molecule has 0 fully saturated rings. The van der Waals surface area contributed by atoms with Crippen LogP contribution in [0.25, 0.3) is 27.3 Å². The molecule has 18 heavy (non-hydrogen) atoms. The zero-order valence-corrected chi connectivity index (χ0v) is 11.6. The Morgan fingerprint density at radius 1 is 0.944 bits per heavy atom. The number of fused-ring (bicyclic) bond motifs is 6. The number of para-hydroxylation sites is 1. The molecule has 0 aliphatic rings. The maximum absolute atomic E-state index is 4.49. The first kappa shape index (κ1) is 10.3. The standard InChI is InChI=1S/C15H9IN2/c16-10-5-6-12-13(9-10)11-3-1-2-4-14(11)18-8-7-17-15(12)18/h1-9H. The summed E-state index contributed by atoms with van der Waals surface area (Å²) in [7, 11) is 0. The maximum Gasteiger partial charge on any atom is 0.145 e. The van der Waals surface area contributed by atoms with Crippen LogP contribution in [0.2, 0.25) is 0 Å².